The smallest absolute Gasteiger partial charge is 0.161 e. The minimum Gasteiger partial charge on any atom is -0.356 e. The predicted octanol–water partition coefficient (Wildman–Crippen LogP) is 4.95. The molecule has 2 aliphatic heterocycles. The zero-order valence-electron chi connectivity index (χ0n) is 18.5. The highest BCUT2D eigenvalue weighted by Gasteiger charge is 2.26. The number of benzene rings is 2. The fraction of sp³-hybridized carbons (Fsp3) is 0.370. The summed E-state index contributed by atoms with van der Waals surface area (Å²) in [5.74, 6) is 1.98. The van der Waals surface area contributed by atoms with Crippen molar-refractivity contribution in [3.63, 3.8) is 0 Å². The molecule has 0 saturated carbocycles. The van der Waals surface area contributed by atoms with E-state index >= 15 is 0 Å². The van der Waals surface area contributed by atoms with E-state index in [-0.39, 0.29) is 0 Å². The van der Waals surface area contributed by atoms with Crippen LogP contribution < -0.4 is 4.90 Å². The van der Waals surface area contributed by atoms with Crippen LogP contribution in [0.25, 0.3) is 11.4 Å². The van der Waals surface area contributed by atoms with Gasteiger partial charge in [0.05, 0.1) is 17.3 Å². The van der Waals surface area contributed by atoms with E-state index in [1.54, 1.807) is 0 Å². The standard InChI is InChI=1S/C27H29N5/c28-18-21-9-8-10-22(17-21)19-31-16-13-25-24(20-31)27(32-14-6-1-2-7-15-32)30-26(29-25)23-11-4-3-5-12-23/h3-5,8-12,17H,1-2,6-7,13-16,19-20H2. The van der Waals surface area contributed by atoms with Gasteiger partial charge in [0.1, 0.15) is 5.82 Å². The molecule has 0 atom stereocenters. The van der Waals surface area contributed by atoms with Gasteiger partial charge in [0, 0.05) is 50.3 Å². The lowest BCUT2D eigenvalue weighted by Crippen LogP contribution is -2.34. The van der Waals surface area contributed by atoms with E-state index in [1.165, 1.54) is 42.5 Å². The summed E-state index contributed by atoms with van der Waals surface area (Å²) in [5.41, 5.74) is 5.48. The highest BCUT2D eigenvalue weighted by molar-refractivity contribution is 5.61. The van der Waals surface area contributed by atoms with E-state index < -0.39 is 0 Å². The van der Waals surface area contributed by atoms with E-state index in [0.29, 0.717) is 0 Å². The number of hydrogen-bond acceptors (Lipinski definition) is 5. The van der Waals surface area contributed by atoms with Gasteiger partial charge >= 0.3 is 0 Å². The van der Waals surface area contributed by atoms with Crippen LogP contribution in [0, 0.1) is 11.3 Å². The Kier molecular flexibility index (Phi) is 6.13. The van der Waals surface area contributed by atoms with E-state index in [0.717, 1.165) is 61.9 Å². The van der Waals surface area contributed by atoms with Gasteiger partial charge in [0.15, 0.2) is 5.82 Å². The van der Waals surface area contributed by atoms with Crippen molar-refractivity contribution < 1.29 is 0 Å². The van der Waals surface area contributed by atoms with Gasteiger partial charge in [0.2, 0.25) is 0 Å². The van der Waals surface area contributed by atoms with Crippen molar-refractivity contribution in [3.05, 3.63) is 77.0 Å². The largest absolute Gasteiger partial charge is 0.356 e. The highest BCUT2D eigenvalue weighted by atomic mass is 15.2. The third kappa shape index (κ3) is 4.51. The van der Waals surface area contributed by atoms with Gasteiger partial charge in [-0.1, -0.05) is 55.3 Å². The van der Waals surface area contributed by atoms with Crippen molar-refractivity contribution in [2.24, 2.45) is 0 Å². The second-order valence-corrected chi connectivity index (χ2v) is 8.84. The molecule has 2 aromatic carbocycles. The molecule has 0 spiro atoms. The maximum atomic E-state index is 9.24. The lowest BCUT2D eigenvalue weighted by atomic mass is 10.0. The van der Waals surface area contributed by atoms with Crippen LogP contribution in [-0.2, 0) is 19.5 Å². The van der Waals surface area contributed by atoms with Crippen molar-refractivity contribution in [2.75, 3.05) is 24.5 Å². The lowest BCUT2D eigenvalue weighted by molar-refractivity contribution is 0.243. The Hall–Kier alpha value is -3.23. The number of hydrogen-bond donors (Lipinski definition) is 0. The number of nitrogens with zero attached hydrogens (tertiary/aromatic N) is 5. The summed E-state index contributed by atoms with van der Waals surface area (Å²) in [6.45, 7) is 4.81. The summed E-state index contributed by atoms with van der Waals surface area (Å²) in [6.07, 6.45) is 5.98. The molecule has 1 fully saturated rings. The third-order valence-electron chi connectivity index (χ3n) is 6.52. The Morgan fingerprint density at radius 2 is 1.69 bits per heavy atom. The van der Waals surface area contributed by atoms with Crippen LogP contribution in [0.2, 0.25) is 0 Å². The van der Waals surface area contributed by atoms with E-state index in [2.05, 4.69) is 46.2 Å². The molecule has 0 radical (unpaired) electrons. The number of rotatable bonds is 4. The van der Waals surface area contributed by atoms with Gasteiger partial charge in [-0.05, 0) is 30.5 Å². The van der Waals surface area contributed by atoms with Crippen molar-refractivity contribution in [3.8, 4) is 17.5 Å². The second kappa shape index (κ2) is 9.50. The van der Waals surface area contributed by atoms with Crippen molar-refractivity contribution in [1.82, 2.24) is 14.9 Å². The van der Waals surface area contributed by atoms with Gasteiger partial charge in [-0.25, -0.2) is 9.97 Å². The molecule has 162 valence electrons. The molecule has 5 heteroatoms. The minimum atomic E-state index is 0.723. The molecule has 0 bridgehead atoms. The molecule has 0 amide bonds. The fourth-order valence-corrected chi connectivity index (χ4v) is 4.85. The maximum Gasteiger partial charge on any atom is 0.161 e. The molecular formula is C27H29N5. The minimum absolute atomic E-state index is 0.723. The molecule has 5 nitrogen and oxygen atoms in total. The molecule has 3 heterocycles. The van der Waals surface area contributed by atoms with Crippen molar-refractivity contribution >= 4 is 5.82 Å². The zero-order valence-corrected chi connectivity index (χ0v) is 18.5. The van der Waals surface area contributed by atoms with Crippen LogP contribution in [0.15, 0.2) is 54.6 Å². The average molecular weight is 424 g/mol. The molecule has 3 aromatic rings. The van der Waals surface area contributed by atoms with Gasteiger partial charge < -0.3 is 4.90 Å². The van der Waals surface area contributed by atoms with Crippen LogP contribution in [-0.4, -0.2) is 34.5 Å². The summed E-state index contributed by atoms with van der Waals surface area (Å²) in [4.78, 5) is 15.1. The molecule has 5 rings (SSSR count). The van der Waals surface area contributed by atoms with Crippen molar-refractivity contribution in [2.45, 2.75) is 45.2 Å². The van der Waals surface area contributed by atoms with Gasteiger partial charge in [-0.15, -0.1) is 0 Å². The molecule has 2 aliphatic rings. The van der Waals surface area contributed by atoms with E-state index in [9.17, 15) is 5.26 Å². The number of fused-ring (bicyclic) bond motifs is 1. The van der Waals surface area contributed by atoms with Crippen LogP contribution >= 0.6 is 0 Å². The average Bonchev–Trinajstić information content (AvgIpc) is 3.14. The van der Waals surface area contributed by atoms with Gasteiger partial charge in [0.25, 0.3) is 0 Å². The molecular weight excluding hydrogens is 394 g/mol. The van der Waals surface area contributed by atoms with Crippen LogP contribution in [0.5, 0.6) is 0 Å². The highest BCUT2D eigenvalue weighted by Crippen LogP contribution is 2.31. The van der Waals surface area contributed by atoms with Crippen LogP contribution in [0.4, 0.5) is 5.82 Å². The summed E-state index contributed by atoms with van der Waals surface area (Å²) < 4.78 is 0. The molecule has 1 aromatic heterocycles. The Morgan fingerprint density at radius 1 is 0.875 bits per heavy atom. The Morgan fingerprint density at radius 3 is 2.47 bits per heavy atom. The first-order valence-electron chi connectivity index (χ1n) is 11.7. The summed E-state index contributed by atoms with van der Waals surface area (Å²) >= 11 is 0. The summed E-state index contributed by atoms with van der Waals surface area (Å²) in [7, 11) is 0. The van der Waals surface area contributed by atoms with E-state index in [1.807, 2.05) is 24.3 Å². The van der Waals surface area contributed by atoms with Crippen molar-refractivity contribution in [1.29, 1.82) is 5.26 Å². The summed E-state index contributed by atoms with van der Waals surface area (Å²) in [6, 6.07) is 20.6. The first-order chi connectivity index (χ1) is 15.8. The van der Waals surface area contributed by atoms with Gasteiger partial charge in [-0.3, -0.25) is 4.90 Å². The maximum absolute atomic E-state index is 9.24. The Bertz CT molecular complexity index is 1110. The van der Waals surface area contributed by atoms with Gasteiger partial charge in [-0.2, -0.15) is 5.26 Å². The fourth-order valence-electron chi connectivity index (χ4n) is 4.85. The SMILES string of the molecule is N#Cc1cccc(CN2CCc3nc(-c4ccccc4)nc(N4CCCCCC4)c3C2)c1. The Balaban J connectivity index is 1.48. The lowest BCUT2D eigenvalue weighted by Gasteiger charge is -2.33. The first-order valence-corrected chi connectivity index (χ1v) is 11.7. The second-order valence-electron chi connectivity index (χ2n) is 8.84. The molecule has 32 heavy (non-hydrogen) atoms. The predicted molar refractivity (Wildman–Crippen MR) is 127 cm³/mol. The first kappa shape index (κ1) is 20.7. The normalized spacial score (nSPS) is 16.8. The Labute approximate surface area is 190 Å². The number of aromatic nitrogens is 2. The number of anilines is 1. The monoisotopic (exact) mass is 423 g/mol. The molecule has 0 N–H and O–H groups in total. The quantitative estimate of drug-likeness (QED) is 0.594. The number of nitriles is 1. The van der Waals surface area contributed by atoms with Crippen LogP contribution in [0.1, 0.15) is 48.1 Å². The molecule has 0 unspecified atom stereocenters. The third-order valence-corrected chi connectivity index (χ3v) is 6.52. The summed E-state index contributed by atoms with van der Waals surface area (Å²) in [5, 5.41) is 9.24. The molecule has 1 saturated heterocycles. The molecule has 0 aliphatic carbocycles. The van der Waals surface area contributed by atoms with E-state index in [4.69, 9.17) is 9.97 Å². The zero-order chi connectivity index (χ0) is 21.8. The topological polar surface area (TPSA) is 56.1 Å². The van der Waals surface area contributed by atoms with Crippen LogP contribution in [0.3, 0.4) is 0 Å².